The van der Waals surface area contributed by atoms with Crippen LogP contribution in [0.25, 0.3) is 11.3 Å². The molecular weight excluding hydrogens is 415 g/mol. The standard InChI is InChI=1S/C22H27FN6O3/c1-13(19(30)18-20(24)28(3)22(32)29(4)21(18)31)27(2)11-5-6-16-12-17(26-25-16)14-7-9-15(23)10-8-14/h7-10,12-13H,5-6,11,24H2,1-4H3,(H,25,26). The predicted molar refractivity (Wildman–Crippen MR) is 120 cm³/mol. The number of carbonyl (C=O) groups is 1. The van der Waals surface area contributed by atoms with E-state index in [1.54, 1.807) is 26.1 Å². The van der Waals surface area contributed by atoms with Crippen molar-refractivity contribution in [2.24, 2.45) is 14.1 Å². The van der Waals surface area contributed by atoms with E-state index in [4.69, 9.17) is 5.73 Å². The topological polar surface area (TPSA) is 119 Å². The molecule has 0 radical (unpaired) electrons. The summed E-state index contributed by atoms with van der Waals surface area (Å²) >= 11 is 0. The highest BCUT2D eigenvalue weighted by atomic mass is 19.1. The molecule has 0 aliphatic carbocycles. The van der Waals surface area contributed by atoms with Crippen LogP contribution in [-0.4, -0.2) is 49.6 Å². The van der Waals surface area contributed by atoms with E-state index in [-0.39, 0.29) is 17.2 Å². The summed E-state index contributed by atoms with van der Waals surface area (Å²) in [6.07, 6.45) is 1.43. The molecule has 0 bridgehead atoms. The van der Waals surface area contributed by atoms with Gasteiger partial charge < -0.3 is 5.73 Å². The van der Waals surface area contributed by atoms with Gasteiger partial charge >= 0.3 is 5.69 Å². The first-order chi connectivity index (χ1) is 15.1. The Bertz CT molecular complexity index is 1240. The van der Waals surface area contributed by atoms with E-state index in [9.17, 15) is 18.8 Å². The number of rotatable bonds is 8. The Morgan fingerprint density at radius 2 is 1.88 bits per heavy atom. The van der Waals surface area contributed by atoms with E-state index < -0.39 is 23.1 Å². The summed E-state index contributed by atoms with van der Waals surface area (Å²) in [5.41, 5.74) is 6.94. The van der Waals surface area contributed by atoms with Crippen molar-refractivity contribution in [2.75, 3.05) is 19.3 Å². The van der Waals surface area contributed by atoms with Crippen LogP contribution in [0.4, 0.5) is 10.2 Å². The van der Waals surface area contributed by atoms with Crippen LogP contribution < -0.4 is 17.0 Å². The lowest BCUT2D eigenvalue weighted by atomic mass is 10.1. The third-order valence-corrected chi connectivity index (χ3v) is 5.72. The number of halogens is 1. The van der Waals surface area contributed by atoms with Crippen LogP contribution >= 0.6 is 0 Å². The number of aromatic amines is 1. The molecule has 0 aliphatic rings. The molecule has 1 atom stereocenters. The molecular formula is C22H27FN6O3. The largest absolute Gasteiger partial charge is 0.384 e. The SMILES string of the molecule is CC(C(=O)c1c(N)n(C)c(=O)n(C)c1=O)N(C)CCCc1cc(-c2ccc(F)cc2)n[nH]1. The fourth-order valence-corrected chi connectivity index (χ4v) is 3.47. The van der Waals surface area contributed by atoms with E-state index in [0.717, 1.165) is 32.5 Å². The molecule has 0 saturated carbocycles. The molecule has 170 valence electrons. The van der Waals surface area contributed by atoms with Gasteiger partial charge in [-0.25, -0.2) is 9.18 Å². The first-order valence-corrected chi connectivity index (χ1v) is 10.2. The number of nitrogen functional groups attached to an aromatic ring is 1. The van der Waals surface area contributed by atoms with Crippen molar-refractivity contribution in [3.05, 3.63) is 68.2 Å². The van der Waals surface area contributed by atoms with E-state index >= 15 is 0 Å². The minimum absolute atomic E-state index is 0.130. The minimum Gasteiger partial charge on any atom is -0.384 e. The molecule has 0 fully saturated rings. The Balaban J connectivity index is 1.63. The number of anilines is 1. The Labute approximate surface area is 184 Å². The summed E-state index contributed by atoms with van der Waals surface area (Å²) in [5.74, 6) is -0.857. The molecule has 0 amide bonds. The number of benzene rings is 1. The van der Waals surface area contributed by atoms with Crippen LogP contribution in [0.3, 0.4) is 0 Å². The second-order valence-electron chi connectivity index (χ2n) is 7.88. The predicted octanol–water partition coefficient (Wildman–Crippen LogP) is 1.33. The maximum atomic E-state index is 13.1. The molecule has 9 nitrogen and oxygen atoms in total. The number of aromatic nitrogens is 4. The van der Waals surface area contributed by atoms with Crippen LogP contribution in [0.5, 0.6) is 0 Å². The zero-order chi connectivity index (χ0) is 23.6. The van der Waals surface area contributed by atoms with Crippen molar-refractivity contribution < 1.29 is 9.18 Å². The molecule has 2 heterocycles. The van der Waals surface area contributed by atoms with Crippen LogP contribution in [0.15, 0.2) is 39.9 Å². The number of Topliss-reactive ketones (excluding diaryl/α,β-unsaturated/α-hetero) is 1. The van der Waals surface area contributed by atoms with E-state index in [2.05, 4.69) is 10.2 Å². The number of nitrogens with one attached hydrogen (secondary N) is 1. The van der Waals surface area contributed by atoms with E-state index in [0.29, 0.717) is 13.0 Å². The number of nitrogens with two attached hydrogens (primary N) is 1. The number of hydrogen-bond donors (Lipinski definition) is 2. The van der Waals surface area contributed by atoms with Gasteiger partial charge in [0.1, 0.15) is 17.2 Å². The number of likely N-dealkylation sites (N-methyl/N-ethyl adjacent to an activating group) is 1. The molecule has 0 spiro atoms. The average molecular weight is 442 g/mol. The van der Waals surface area contributed by atoms with Crippen LogP contribution in [-0.2, 0) is 20.5 Å². The van der Waals surface area contributed by atoms with Gasteiger partial charge in [0.25, 0.3) is 5.56 Å². The van der Waals surface area contributed by atoms with Crippen molar-refractivity contribution in [1.29, 1.82) is 0 Å². The summed E-state index contributed by atoms with van der Waals surface area (Å²) in [5, 5.41) is 7.25. The monoisotopic (exact) mass is 442 g/mol. The highest BCUT2D eigenvalue weighted by molar-refractivity contribution is 6.03. The quantitative estimate of drug-likeness (QED) is 0.508. The first kappa shape index (κ1) is 23.1. The van der Waals surface area contributed by atoms with Gasteiger partial charge in [-0.1, -0.05) is 0 Å². The third kappa shape index (κ3) is 4.54. The van der Waals surface area contributed by atoms with Gasteiger partial charge in [0.2, 0.25) is 0 Å². The maximum Gasteiger partial charge on any atom is 0.332 e. The zero-order valence-corrected chi connectivity index (χ0v) is 18.6. The fraction of sp³-hybridized carbons (Fsp3) is 0.364. The van der Waals surface area contributed by atoms with Crippen LogP contribution in [0.2, 0.25) is 0 Å². The van der Waals surface area contributed by atoms with Crippen molar-refractivity contribution in [3.8, 4) is 11.3 Å². The number of H-pyrrole nitrogens is 1. The molecule has 32 heavy (non-hydrogen) atoms. The Morgan fingerprint density at radius 3 is 2.53 bits per heavy atom. The summed E-state index contributed by atoms with van der Waals surface area (Å²) in [7, 11) is 4.54. The Hall–Kier alpha value is -3.53. The highest BCUT2D eigenvalue weighted by Gasteiger charge is 2.26. The molecule has 0 aliphatic heterocycles. The second-order valence-corrected chi connectivity index (χ2v) is 7.88. The van der Waals surface area contributed by atoms with Crippen LogP contribution in [0, 0.1) is 5.82 Å². The van der Waals surface area contributed by atoms with Gasteiger partial charge in [-0.3, -0.25) is 28.7 Å². The molecule has 3 N–H and O–H groups in total. The van der Waals surface area contributed by atoms with Gasteiger partial charge in [-0.15, -0.1) is 0 Å². The number of ketones is 1. The molecule has 2 aromatic heterocycles. The van der Waals surface area contributed by atoms with E-state index in [1.165, 1.54) is 26.2 Å². The third-order valence-electron chi connectivity index (χ3n) is 5.72. The van der Waals surface area contributed by atoms with Gasteiger partial charge in [-0.2, -0.15) is 5.10 Å². The lowest BCUT2D eigenvalue weighted by Crippen LogP contribution is -2.45. The number of hydrogen-bond acceptors (Lipinski definition) is 6. The second kappa shape index (κ2) is 9.31. The maximum absolute atomic E-state index is 13.1. The highest BCUT2D eigenvalue weighted by Crippen LogP contribution is 2.19. The summed E-state index contributed by atoms with van der Waals surface area (Å²) in [6.45, 7) is 2.29. The summed E-state index contributed by atoms with van der Waals surface area (Å²) in [4.78, 5) is 39.2. The normalized spacial score (nSPS) is 12.3. The van der Waals surface area contributed by atoms with Gasteiger partial charge in [0.05, 0.1) is 11.7 Å². The minimum atomic E-state index is -0.693. The molecule has 0 saturated heterocycles. The average Bonchev–Trinajstić information content (AvgIpc) is 3.25. The molecule has 1 aromatic carbocycles. The number of aryl methyl sites for hydroxylation is 1. The van der Waals surface area contributed by atoms with Gasteiger partial charge in [-0.05, 0) is 63.7 Å². The van der Waals surface area contributed by atoms with Gasteiger partial charge in [0, 0.05) is 25.4 Å². The van der Waals surface area contributed by atoms with Crippen LogP contribution in [0.1, 0.15) is 29.4 Å². The Kier molecular flexibility index (Phi) is 6.73. The van der Waals surface area contributed by atoms with Crippen molar-refractivity contribution >= 4 is 11.6 Å². The molecule has 3 aromatic rings. The molecule has 10 heteroatoms. The Morgan fingerprint density at radius 1 is 1.22 bits per heavy atom. The van der Waals surface area contributed by atoms with Gasteiger partial charge in [0.15, 0.2) is 5.78 Å². The number of carbonyl (C=O) groups excluding carboxylic acids is 1. The zero-order valence-electron chi connectivity index (χ0n) is 18.6. The summed E-state index contributed by atoms with van der Waals surface area (Å²) in [6, 6.07) is 7.44. The van der Waals surface area contributed by atoms with Crippen molar-refractivity contribution in [1.82, 2.24) is 24.2 Å². The summed E-state index contributed by atoms with van der Waals surface area (Å²) < 4.78 is 15.1. The molecule has 1 unspecified atom stereocenters. The molecule has 3 rings (SSSR count). The van der Waals surface area contributed by atoms with Crippen molar-refractivity contribution in [2.45, 2.75) is 25.8 Å². The lowest BCUT2D eigenvalue weighted by Gasteiger charge is -2.24. The lowest BCUT2D eigenvalue weighted by molar-refractivity contribution is 0.0865. The first-order valence-electron chi connectivity index (χ1n) is 10.2. The number of nitrogens with zero attached hydrogens (tertiary/aromatic N) is 4. The van der Waals surface area contributed by atoms with E-state index in [1.807, 2.05) is 11.0 Å². The fourth-order valence-electron chi connectivity index (χ4n) is 3.47. The van der Waals surface area contributed by atoms with Crippen molar-refractivity contribution in [3.63, 3.8) is 0 Å². The smallest absolute Gasteiger partial charge is 0.332 e.